The number of nitrogens with zero attached hydrogens (tertiary/aromatic N) is 3. The van der Waals surface area contributed by atoms with E-state index in [1.54, 1.807) is 18.2 Å². The molecule has 0 saturated heterocycles. The van der Waals surface area contributed by atoms with Crippen molar-refractivity contribution < 1.29 is 19.1 Å². The maximum absolute atomic E-state index is 12.1. The largest absolute Gasteiger partial charge is 0.612 e. The highest BCUT2D eigenvalue weighted by molar-refractivity contribution is 6.31. The third-order valence-electron chi connectivity index (χ3n) is 4.19. The smallest absolute Gasteiger partial charge is 0.289 e. The van der Waals surface area contributed by atoms with Gasteiger partial charge >= 0.3 is 0 Å². The van der Waals surface area contributed by atoms with E-state index in [-0.39, 0.29) is 16.0 Å². The van der Waals surface area contributed by atoms with Crippen molar-refractivity contribution in [3.8, 4) is 0 Å². The normalized spacial score (nSPS) is 16.4. The fraction of sp³-hybridized carbons (Fsp3) is 0.0714. The van der Waals surface area contributed by atoms with E-state index >= 15 is 0 Å². The molecular formula is C14H8ClN5O6. The monoisotopic (exact) mass is 377 g/mol. The number of nitrogens with one attached hydrogen (secondary N) is 2. The van der Waals surface area contributed by atoms with Crippen LogP contribution in [0.5, 0.6) is 0 Å². The van der Waals surface area contributed by atoms with E-state index in [0.29, 0.717) is 21.5 Å². The van der Waals surface area contributed by atoms with Crippen molar-refractivity contribution in [1.29, 1.82) is 0 Å². The van der Waals surface area contributed by atoms with Crippen LogP contribution in [0.1, 0.15) is 22.9 Å². The van der Waals surface area contributed by atoms with Gasteiger partial charge in [-0.25, -0.2) is 0 Å². The zero-order valence-electron chi connectivity index (χ0n) is 12.6. The van der Waals surface area contributed by atoms with Gasteiger partial charge in [-0.3, -0.25) is 10.1 Å². The van der Waals surface area contributed by atoms with E-state index in [1.165, 1.54) is 6.20 Å². The lowest BCUT2D eigenvalue weighted by atomic mass is 9.86. The van der Waals surface area contributed by atoms with Crippen LogP contribution in [0.15, 0.2) is 40.8 Å². The highest BCUT2D eigenvalue weighted by Crippen LogP contribution is 2.39. The second-order valence-electron chi connectivity index (χ2n) is 5.55. The Morgan fingerprint density at radius 3 is 2.73 bits per heavy atom. The van der Waals surface area contributed by atoms with Crippen LogP contribution < -0.4 is 4.60 Å². The average molecular weight is 378 g/mol. The van der Waals surface area contributed by atoms with Crippen LogP contribution in [-0.4, -0.2) is 25.7 Å². The number of hydrogen-bond acceptors (Lipinski definition) is 6. The minimum atomic E-state index is -1.19. The van der Waals surface area contributed by atoms with Crippen LogP contribution in [0.3, 0.4) is 0 Å². The van der Waals surface area contributed by atoms with Crippen LogP contribution in [0.25, 0.3) is 10.9 Å². The minimum Gasteiger partial charge on any atom is -0.612 e. The second kappa shape index (κ2) is 5.46. The van der Waals surface area contributed by atoms with Gasteiger partial charge in [-0.2, -0.15) is 4.90 Å². The van der Waals surface area contributed by atoms with Gasteiger partial charge in [0.1, 0.15) is 0 Å². The molecule has 1 unspecified atom stereocenters. The van der Waals surface area contributed by atoms with E-state index in [2.05, 4.69) is 14.8 Å². The van der Waals surface area contributed by atoms with E-state index < -0.39 is 27.2 Å². The first-order valence-corrected chi connectivity index (χ1v) is 7.55. The highest BCUT2D eigenvalue weighted by Gasteiger charge is 2.48. The van der Waals surface area contributed by atoms with Crippen LogP contribution >= 0.6 is 11.6 Å². The Morgan fingerprint density at radius 2 is 2.04 bits per heavy atom. The number of hydrogen-bond donors (Lipinski definition) is 2. The molecule has 0 bridgehead atoms. The van der Waals surface area contributed by atoms with Crippen LogP contribution in [0.2, 0.25) is 5.02 Å². The van der Waals surface area contributed by atoms with Crippen LogP contribution in [0.4, 0.5) is 0 Å². The molecule has 12 heteroatoms. The first-order valence-electron chi connectivity index (χ1n) is 7.17. The molecule has 1 aliphatic carbocycles. The number of rotatable bonds is 2. The quantitative estimate of drug-likeness (QED) is 0.393. The Bertz CT molecular complexity index is 1180. The fourth-order valence-corrected chi connectivity index (χ4v) is 3.28. The molecule has 3 aromatic rings. The van der Waals surface area contributed by atoms with Crippen molar-refractivity contribution in [2.24, 2.45) is 0 Å². The van der Waals surface area contributed by atoms with Gasteiger partial charge in [0.2, 0.25) is 0 Å². The van der Waals surface area contributed by atoms with Crippen molar-refractivity contribution in [3.05, 3.63) is 83.6 Å². The van der Waals surface area contributed by atoms with Crippen molar-refractivity contribution in [3.63, 3.8) is 0 Å². The van der Waals surface area contributed by atoms with E-state index in [4.69, 9.17) is 11.6 Å². The van der Waals surface area contributed by atoms with Gasteiger partial charge < -0.3 is 15.4 Å². The summed E-state index contributed by atoms with van der Waals surface area (Å²) in [6.07, 6.45) is 2.32. The number of benzene rings is 1. The summed E-state index contributed by atoms with van der Waals surface area (Å²) in [5.41, 5.74) is -0.636. The first-order chi connectivity index (χ1) is 12.4. The summed E-state index contributed by atoms with van der Waals surface area (Å²) in [4.78, 5) is 25.1. The van der Waals surface area contributed by atoms with E-state index in [1.807, 2.05) is 0 Å². The van der Waals surface area contributed by atoms with Gasteiger partial charge in [-0.15, -0.1) is 0 Å². The summed E-state index contributed by atoms with van der Waals surface area (Å²) in [6, 6.07) is 4.91. The van der Waals surface area contributed by atoms with Crippen LogP contribution in [-0.2, 0) is 0 Å². The lowest BCUT2D eigenvalue weighted by Crippen LogP contribution is -2.30. The number of fused-ring (bicyclic) bond motifs is 2. The zero-order chi connectivity index (χ0) is 18.6. The number of H-pyrrole nitrogens is 2. The number of nitro groups is 1. The molecule has 4 rings (SSSR count). The molecule has 1 aromatic carbocycles. The molecule has 0 amide bonds. The Balaban J connectivity index is 2.08. The molecule has 26 heavy (non-hydrogen) atoms. The Hall–Kier alpha value is -3.60. The molecule has 1 atom stereocenters. The molecule has 1 aliphatic rings. The highest BCUT2D eigenvalue weighted by atomic mass is 35.5. The third-order valence-corrected chi connectivity index (χ3v) is 4.42. The third kappa shape index (κ3) is 2.18. The van der Waals surface area contributed by atoms with E-state index in [9.17, 15) is 25.4 Å². The zero-order valence-corrected chi connectivity index (χ0v) is 13.4. The summed E-state index contributed by atoms with van der Waals surface area (Å²) in [5, 5.41) is 37.2. The van der Waals surface area contributed by atoms with Gasteiger partial charge in [0.05, 0.1) is 11.0 Å². The predicted octanol–water partition coefficient (Wildman–Crippen LogP) is 1.76. The van der Waals surface area contributed by atoms with Gasteiger partial charge in [-0.05, 0) is 28.7 Å². The van der Waals surface area contributed by atoms with Crippen molar-refractivity contribution >= 4 is 28.2 Å². The number of allylic oxidation sites excluding steroid dienone is 2. The molecule has 132 valence electrons. The van der Waals surface area contributed by atoms with Crippen LogP contribution in [0, 0.1) is 25.4 Å². The summed E-state index contributed by atoms with van der Waals surface area (Å²) >= 11 is 6.01. The molecule has 0 saturated carbocycles. The summed E-state index contributed by atoms with van der Waals surface area (Å²) in [7, 11) is 0. The van der Waals surface area contributed by atoms with Gasteiger partial charge in [-0.1, -0.05) is 21.4 Å². The lowest BCUT2D eigenvalue weighted by Gasteiger charge is -2.14. The van der Waals surface area contributed by atoms with Gasteiger partial charge in [0.15, 0.2) is 10.5 Å². The molecule has 0 spiro atoms. The molecule has 0 aliphatic heterocycles. The van der Waals surface area contributed by atoms with E-state index in [0.717, 1.165) is 6.08 Å². The minimum absolute atomic E-state index is 0.00335. The Labute approximate surface area is 147 Å². The molecule has 0 fully saturated rings. The lowest BCUT2D eigenvalue weighted by molar-refractivity contribution is -0.720. The summed E-state index contributed by atoms with van der Waals surface area (Å²) < 4.78 is 4.61. The SMILES string of the molecule is O=[N+]([O-])C1=CC(=[N+]([O-])[O-])c2[nH]o[n+](=O)c2C1c1c[nH]c2ccc(Cl)cc12. The summed E-state index contributed by atoms with van der Waals surface area (Å²) in [6.45, 7) is 0. The molecule has 2 heterocycles. The average Bonchev–Trinajstić information content (AvgIpc) is 3.17. The Morgan fingerprint density at radius 1 is 1.27 bits per heavy atom. The molecule has 2 aromatic heterocycles. The molecular weight excluding hydrogens is 370 g/mol. The first kappa shape index (κ1) is 15.9. The summed E-state index contributed by atoms with van der Waals surface area (Å²) in [5.74, 6) is -1.19. The van der Waals surface area contributed by atoms with Gasteiger partial charge in [0.25, 0.3) is 22.8 Å². The predicted molar refractivity (Wildman–Crippen MR) is 87.8 cm³/mol. The molecule has 11 nitrogen and oxygen atoms in total. The molecule has 2 N–H and O–H groups in total. The van der Waals surface area contributed by atoms with Gasteiger partial charge in [0, 0.05) is 22.1 Å². The fourth-order valence-electron chi connectivity index (χ4n) is 3.11. The number of halogens is 1. The second-order valence-corrected chi connectivity index (χ2v) is 5.98. The number of aromatic nitrogens is 3. The molecule has 0 radical (unpaired) electrons. The van der Waals surface area contributed by atoms with Crippen molar-refractivity contribution in [2.75, 3.05) is 0 Å². The maximum atomic E-state index is 12.1. The van der Waals surface area contributed by atoms with Crippen molar-refractivity contribution in [1.82, 2.24) is 10.1 Å². The maximum Gasteiger partial charge on any atom is 0.289 e. The Kier molecular flexibility index (Phi) is 3.34. The number of aromatic amines is 2. The van der Waals surface area contributed by atoms with Crippen molar-refractivity contribution in [2.45, 2.75) is 5.92 Å². The standard InChI is InChI=1S/C14H8ClN5O6/c15-6-1-2-9-7(3-6)8(5-16-9)12-10(18(21)22)4-11(19(23)24)13-14(12)20(25)26-17-13/h1-5,12,16-17H. The topological polar surface area (TPSA) is 160 Å².